The molecule has 0 unspecified atom stereocenters. The Bertz CT molecular complexity index is 523. The molecule has 0 radical (unpaired) electrons. The lowest BCUT2D eigenvalue weighted by Gasteiger charge is -2.16. The average molecular weight is 289 g/mol. The first-order valence-electron chi connectivity index (χ1n) is 7.47. The number of nitrogens with one attached hydrogen (secondary N) is 2. The third-order valence-corrected chi connectivity index (χ3v) is 2.96. The van der Waals surface area contributed by atoms with E-state index in [-0.39, 0.29) is 17.9 Å². The smallest absolute Gasteiger partial charge is 0.228 e. The summed E-state index contributed by atoms with van der Waals surface area (Å²) in [6, 6.07) is 0.461. The molecule has 0 amide bonds. The van der Waals surface area contributed by atoms with E-state index in [0.717, 1.165) is 18.4 Å². The number of anilines is 2. The Kier molecular flexibility index (Phi) is 4.88. The van der Waals surface area contributed by atoms with Gasteiger partial charge >= 0.3 is 0 Å². The van der Waals surface area contributed by atoms with Gasteiger partial charge in [0.2, 0.25) is 11.9 Å². The summed E-state index contributed by atoms with van der Waals surface area (Å²) in [5.74, 6) is 1.81. The topological polar surface area (TPSA) is 79.8 Å². The molecule has 114 valence electrons. The summed E-state index contributed by atoms with van der Waals surface area (Å²) in [7, 11) is 0. The first-order valence-corrected chi connectivity index (χ1v) is 7.47. The number of aromatic nitrogens is 3. The molecule has 1 aromatic rings. The molecule has 0 saturated heterocycles. The summed E-state index contributed by atoms with van der Waals surface area (Å²) in [6.07, 6.45) is 3.97. The lowest BCUT2D eigenvalue weighted by atomic mass is 9.98. The van der Waals surface area contributed by atoms with Crippen LogP contribution in [0.4, 0.5) is 11.9 Å². The van der Waals surface area contributed by atoms with Crippen molar-refractivity contribution in [2.75, 3.05) is 10.6 Å². The highest BCUT2D eigenvalue weighted by Crippen LogP contribution is 2.24. The molecule has 2 rings (SSSR count). The zero-order chi connectivity index (χ0) is 15.4. The van der Waals surface area contributed by atoms with Crippen LogP contribution >= 0.6 is 0 Å². The van der Waals surface area contributed by atoms with E-state index in [1.807, 2.05) is 27.7 Å². The van der Waals surface area contributed by atoms with E-state index < -0.39 is 0 Å². The number of nitrogens with zero attached hydrogens (tertiary/aromatic N) is 3. The van der Waals surface area contributed by atoms with Gasteiger partial charge in [0.1, 0.15) is 0 Å². The van der Waals surface area contributed by atoms with Crippen LogP contribution in [0, 0.1) is 0 Å². The maximum absolute atomic E-state index is 11.6. The van der Waals surface area contributed by atoms with Gasteiger partial charge in [-0.3, -0.25) is 4.79 Å². The summed E-state index contributed by atoms with van der Waals surface area (Å²) < 4.78 is 0. The highest BCUT2D eigenvalue weighted by atomic mass is 16.1. The molecule has 0 spiro atoms. The maximum atomic E-state index is 11.6. The van der Waals surface area contributed by atoms with Crippen LogP contribution in [0.5, 0.6) is 0 Å². The van der Waals surface area contributed by atoms with Gasteiger partial charge in [0.25, 0.3) is 0 Å². The highest BCUT2D eigenvalue weighted by molar-refractivity contribution is 5.97. The second-order valence-electron chi connectivity index (χ2n) is 5.89. The quantitative estimate of drug-likeness (QED) is 0.867. The number of ketones is 1. The Morgan fingerprint density at radius 1 is 0.952 bits per heavy atom. The zero-order valence-corrected chi connectivity index (χ0v) is 13.1. The first kappa shape index (κ1) is 15.4. The molecule has 6 heteroatoms. The van der Waals surface area contributed by atoms with Gasteiger partial charge in [-0.15, -0.1) is 0 Å². The normalized spacial score (nSPS) is 15.3. The van der Waals surface area contributed by atoms with Crippen molar-refractivity contribution in [3.05, 3.63) is 11.9 Å². The summed E-state index contributed by atoms with van der Waals surface area (Å²) >= 11 is 0. The molecule has 1 heterocycles. The molecule has 0 fully saturated rings. The standard InChI is InChI=1S/C15H23N5O/c1-9(2)16-14-18-13(11-6-5-7-12(21)8-11)19-15(20-14)17-10(3)4/h8-10H,5-7H2,1-4H3,(H2,16,17,18,19,20). The molecule has 1 aromatic heterocycles. The van der Waals surface area contributed by atoms with Gasteiger partial charge in [0.15, 0.2) is 11.6 Å². The Balaban J connectivity index is 2.36. The van der Waals surface area contributed by atoms with E-state index in [2.05, 4.69) is 25.6 Å². The minimum atomic E-state index is 0.147. The molecule has 6 nitrogen and oxygen atoms in total. The van der Waals surface area contributed by atoms with E-state index in [4.69, 9.17) is 0 Å². The Morgan fingerprint density at radius 2 is 1.52 bits per heavy atom. The molecule has 0 bridgehead atoms. The van der Waals surface area contributed by atoms with Gasteiger partial charge < -0.3 is 10.6 Å². The third-order valence-electron chi connectivity index (χ3n) is 2.96. The predicted octanol–water partition coefficient (Wildman–Crippen LogP) is 2.65. The molecule has 0 aliphatic heterocycles. The summed E-state index contributed by atoms with van der Waals surface area (Å²) in [6.45, 7) is 8.12. The first-order chi connectivity index (χ1) is 9.94. The van der Waals surface area contributed by atoms with Crippen molar-refractivity contribution < 1.29 is 4.79 Å². The van der Waals surface area contributed by atoms with Crippen molar-refractivity contribution in [2.45, 2.75) is 59.0 Å². The van der Waals surface area contributed by atoms with Gasteiger partial charge in [-0.2, -0.15) is 15.0 Å². The predicted molar refractivity (Wildman–Crippen MR) is 84.2 cm³/mol. The number of hydrogen-bond acceptors (Lipinski definition) is 6. The van der Waals surface area contributed by atoms with E-state index in [1.54, 1.807) is 6.08 Å². The lowest BCUT2D eigenvalue weighted by Crippen LogP contribution is -2.18. The number of carbonyl (C=O) groups excluding carboxylic acids is 1. The van der Waals surface area contributed by atoms with Crippen molar-refractivity contribution in [3.63, 3.8) is 0 Å². The number of rotatable bonds is 5. The molecule has 2 N–H and O–H groups in total. The second kappa shape index (κ2) is 6.65. The lowest BCUT2D eigenvalue weighted by molar-refractivity contribution is -0.114. The zero-order valence-electron chi connectivity index (χ0n) is 13.1. The van der Waals surface area contributed by atoms with E-state index in [1.165, 1.54) is 0 Å². The van der Waals surface area contributed by atoms with Gasteiger partial charge in [-0.25, -0.2) is 0 Å². The molecule has 21 heavy (non-hydrogen) atoms. The minimum Gasteiger partial charge on any atom is -0.352 e. The largest absolute Gasteiger partial charge is 0.352 e. The third kappa shape index (κ3) is 4.51. The monoisotopic (exact) mass is 289 g/mol. The Morgan fingerprint density at radius 3 is 2.00 bits per heavy atom. The summed E-state index contributed by atoms with van der Waals surface area (Å²) in [5.41, 5.74) is 0.896. The molecule has 1 aliphatic rings. The number of allylic oxidation sites excluding steroid dienone is 2. The van der Waals surface area contributed by atoms with Crippen LogP contribution in [-0.4, -0.2) is 32.8 Å². The maximum Gasteiger partial charge on any atom is 0.228 e. The van der Waals surface area contributed by atoms with Crippen LogP contribution in [-0.2, 0) is 4.79 Å². The van der Waals surface area contributed by atoms with Gasteiger partial charge in [0, 0.05) is 24.1 Å². The summed E-state index contributed by atoms with van der Waals surface area (Å²) in [5, 5.41) is 6.39. The van der Waals surface area contributed by atoms with E-state index in [9.17, 15) is 4.79 Å². The van der Waals surface area contributed by atoms with Crippen molar-refractivity contribution in [1.82, 2.24) is 15.0 Å². The van der Waals surface area contributed by atoms with Crippen molar-refractivity contribution in [2.24, 2.45) is 0 Å². The molecular formula is C15H23N5O. The van der Waals surface area contributed by atoms with Gasteiger partial charge in [-0.1, -0.05) is 0 Å². The molecule has 0 aromatic carbocycles. The fraction of sp³-hybridized carbons (Fsp3) is 0.600. The number of carbonyl (C=O) groups is 1. The highest BCUT2D eigenvalue weighted by Gasteiger charge is 2.16. The van der Waals surface area contributed by atoms with Crippen LogP contribution in [0.25, 0.3) is 5.57 Å². The van der Waals surface area contributed by atoms with Crippen LogP contribution in [0.1, 0.15) is 52.8 Å². The molecular weight excluding hydrogens is 266 g/mol. The van der Waals surface area contributed by atoms with Crippen LogP contribution < -0.4 is 10.6 Å². The molecule has 0 saturated carbocycles. The molecule has 0 atom stereocenters. The van der Waals surface area contributed by atoms with E-state index >= 15 is 0 Å². The SMILES string of the molecule is CC(C)Nc1nc(NC(C)C)nc(C2=CC(=O)CCC2)n1. The average Bonchev–Trinajstić information content (AvgIpc) is 2.36. The van der Waals surface area contributed by atoms with Gasteiger partial charge in [-0.05, 0) is 46.6 Å². The Labute approximate surface area is 125 Å². The summed E-state index contributed by atoms with van der Waals surface area (Å²) in [4.78, 5) is 24.9. The fourth-order valence-corrected chi connectivity index (χ4v) is 2.13. The van der Waals surface area contributed by atoms with E-state index in [0.29, 0.717) is 24.1 Å². The number of hydrogen-bond donors (Lipinski definition) is 2. The fourth-order valence-electron chi connectivity index (χ4n) is 2.13. The second-order valence-corrected chi connectivity index (χ2v) is 5.89. The molecule has 1 aliphatic carbocycles. The van der Waals surface area contributed by atoms with Crippen LogP contribution in [0.15, 0.2) is 6.08 Å². The van der Waals surface area contributed by atoms with Crippen LogP contribution in [0.2, 0.25) is 0 Å². The van der Waals surface area contributed by atoms with Crippen LogP contribution in [0.3, 0.4) is 0 Å². The van der Waals surface area contributed by atoms with Crippen molar-refractivity contribution in [3.8, 4) is 0 Å². The van der Waals surface area contributed by atoms with Gasteiger partial charge in [0.05, 0.1) is 0 Å². The van der Waals surface area contributed by atoms with Crippen molar-refractivity contribution in [1.29, 1.82) is 0 Å². The van der Waals surface area contributed by atoms with Crippen molar-refractivity contribution >= 4 is 23.3 Å². The minimum absolute atomic E-state index is 0.147. The Hall–Kier alpha value is -1.98.